The highest BCUT2D eigenvalue weighted by atomic mass is 35.5. The quantitative estimate of drug-likeness (QED) is 0.508. The van der Waals surface area contributed by atoms with E-state index >= 15 is 0 Å². The van der Waals surface area contributed by atoms with Crippen LogP contribution in [0, 0.1) is 0 Å². The summed E-state index contributed by atoms with van der Waals surface area (Å²) in [6.45, 7) is 2.56. The van der Waals surface area contributed by atoms with E-state index in [9.17, 15) is 18.3 Å². The number of ether oxygens (including phenoxy) is 2. The monoisotopic (exact) mass is 468 g/mol. The van der Waals surface area contributed by atoms with Gasteiger partial charge in [0.05, 0.1) is 29.0 Å². The van der Waals surface area contributed by atoms with Gasteiger partial charge in [0.25, 0.3) is 15.9 Å². The maximum absolute atomic E-state index is 12.7. The molecule has 0 saturated carbocycles. The van der Waals surface area contributed by atoms with Crippen LogP contribution < -0.4 is 10.0 Å². The number of carbonyl (C=O) groups excluding carboxylic acids is 1. The van der Waals surface area contributed by atoms with Crippen LogP contribution in [0.1, 0.15) is 26.2 Å². The lowest BCUT2D eigenvalue weighted by atomic mass is 10.1. The number of phenolic OH excluding ortho intramolecular Hbond substituents is 1. The summed E-state index contributed by atoms with van der Waals surface area (Å²) in [4.78, 5) is 12.3. The van der Waals surface area contributed by atoms with Gasteiger partial charge in [0.1, 0.15) is 11.9 Å². The number of hydrogen-bond acceptors (Lipinski definition) is 6. The van der Waals surface area contributed by atoms with Crippen LogP contribution in [0.5, 0.6) is 5.75 Å². The lowest BCUT2D eigenvalue weighted by molar-refractivity contribution is -0.130. The van der Waals surface area contributed by atoms with Gasteiger partial charge in [-0.3, -0.25) is 9.52 Å². The number of nitrogens with one attached hydrogen (secondary N) is 2. The fraction of sp³-hybridized carbons (Fsp3) is 0.381. The molecule has 1 amide bonds. The minimum absolute atomic E-state index is 0.0385. The van der Waals surface area contributed by atoms with Crippen molar-refractivity contribution in [2.24, 2.45) is 0 Å². The van der Waals surface area contributed by atoms with E-state index in [1.807, 2.05) is 0 Å². The molecule has 2 aromatic carbocycles. The van der Waals surface area contributed by atoms with Gasteiger partial charge in [-0.05, 0) is 62.6 Å². The first kappa shape index (κ1) is 23.3. The highest BCUT2D eigenvalue weighted by Gasteiger charge is 2.21. The molecule has 2 aromatic rings. The molecule has 2 atom stereocenters. The van der Waals surface area contributed by atoms with E-state index in [1.54, 1.807) is 25.1 Å². The van der Waals surface area contributed by atoms with E-state index in [1.165, 1.54) is 24.3 Å². The molecule has 8 nitrogen and oxygen atoms in total. The Labute approximate surface area is 186 Å². The maximum atomic E-state index is 12.7. The number of benzene rings is 2. The minimum Gasteiger partial charge on any atom is -0.506 e. The van der Waals surface area contributed by atoms with E-state index in [4.69, 9.17) is 21.1 Å². The summed E-state index contributed by atoms with van der Waals surface area (Å²) in [7, 11) is -3.97. The summed E-state index contributed by atoms with van der Waals surface area (Å²) in [5.74, 6) is -0.777. The van der Waals surface area contributed by atoms with Crippen molar-refractivity contribution >= 4 is 38.9 Å². The number of anilines is 2. The summed E-state index contributed by atoms with van der Waals surface area (Å²) >= 11 is 5.89. The largest absolute Gasteiger partial charge is 0.506 e. The fourth-order valence-corrected chi connectivity index (χ4v) is 4.31. The number of aromatic hydroxyl groups is 1. The molecule has 0 aromatic heterocycles. The Bertz CT molecular complexity index is 1020. The fourth-order valence-electron chi connectivity index (χ4n) is 3.05. The molecule has 1 aliphatic rings. The van der Waals surface area contributed by atoms with Crippen molar-refractivity contribution < 1.29 is 27.8 Å². The normalized spacial score (nSPS) is 17.7. The van der Waals surface area contributed by atoms with Gasteiger partial charge in [-0.25, -0.2) is 8.42 Å². The summed E-state index contributed by atoms with van der Waals surface area (Å²) in [6.07, 6.45) is 2.12. The van der Waals surface area contributed by atoms with Gasteiger partial charge in [0.15, 0.2) is 0 Å². The SMILES string of the molecule is CC(OCC1CCCCO1)C(=O)Nc1cc(S(=O)(=O)Nc2cccc(Cl)c2)ccc1O. The first-order valence-corrected chi connectivity index (χ1v) is 11.8. The zero-order valence-electron chi connectivity index (χ0n) is 17.0. The zero-order valence-corrected chi connectivity index (χ0v) is 18.6. The maximum Gasteiger partial charge on any atom is 0.261 e. The van der Waals surface area contributed by atoms with Crippen LogP contribution in [-0.4, -0.2) is 44.9 Å². The van der Waals surface area contributed by atoms with Crippen molar-refractivity contribution in [1.29, 1.82) is 0 Å². The van der Waals surface area contributed by atoms with Crippen molar-refractivity contribution in [3.05, 3.63) is 47.5 Å². The topological polar surface area (TPSA) is 114 Å². The molecule has 31 heavy (non-hydrogen) atoms. The molecule has 0 radical (unpaired) electrons. The molecule has 1 aliphatic heterocycles. The van der Waals surface area contributed by atoms with Crippen LogP contribution >= 0.6 is 11.6 Å². The van der Waals surface area contributed by atoms with Gasteiger partial charge in [-0.15, -0.1) is 0 Å². The summed E-state index contributed by atoms with van der Waals surface area (Å²) < 4.78 is 38.9. The average Bonchev–Trinajstić information content (AvgIpc) is 2.73. The number of sulfonamides is 1. The third-order valence-corrected chi connectivity index (χ3v) is 6.40. The molecule has 1 saturated heterocycles. The van der Waals surface area contributed by atoms with Gasteiger partial charge in [0.2, 0.25) is 0 Å². The first-order chi connectivity index (χ1) is 14.7. The van der Waals surface area contributed by atoms with E-state index < -0.39 is 22.0 Å². The number of phenols is 1. The Morgan fingerprint density at radius 2 is 2.10 bits per heavy atom. The Kier molecular flexibility index (Phi) is 7.77. The molecule has 1 heterocycles. The first-order valence-electron chi connectivity index (χ1n) is 9.90. The molecule has 3 N–H and O–H groups in total. The number of carbonyl (C=O) groups is 1. The third kappa shape index (κ3) is 6.57. The average molecular weight is 469 g/mol. The van der Waals surface area contributed by atoms with Crippen molar-refractivity contribution in [3.8, 4) is 5.75 Å². The number of hydrogen-bond donors (Lipinski definition) is 3. The summed E-state index contributed by atoms with van der Waals surface area (Å²) in [5.41, 5.74) is 0.251. The summed E-state index contributed by atoms with van der Waals surface area (Å²) in [5, 5.41) is 13.0. The van der Waals surface area contributed by atoms with Crippen molar-refractivity contribution in [2.45, 2.75) is 43.3 Å². The minimum atomic E-state index is -3.97. The smallest absolute Gasteiger partial charge is 0.261 e. The van der Waals surface area contributed by atoms with Crippen molar-refractivity contribution in [1.82, 2.24) is 0 Å². The zero-order chi connectivity index (χ0) is 22.4. The molecule has 168 valence electrons. The second-order valence-corrected chi connectivity index (χ2v) is 9.37. The van der Waals surface area contributed by atoms with Crippen molar-refractivity contribution in [2.75, 3.05) is 23.3 Å². The third-order valence-electron chi connectivity index (χ3n) is 4.79. The van der Waals surface area contributed by atoms with Gasteiger partial charge >= 0.3 is 0 Å². The lowest BCUT2D eigenvalue weighted by Crippen LogP contribution is -2.32. The second kappa shape index (κ2) is 10.3. The van der Waals surface area contributed by atoms with Gasteiger partial charge in [0, 0.05) is 11.6 Å². The molecular formula is C21H25ClN2O6S. The molecule has 10 heteroatoms. The van der Waals surface area contributed by atoms with Gasteiger partial charge < -0.3 is 19.9 Å². The van der Waals surface area contributed by atoms with Gasteiger partial charge in [-0.2, -0.15) is 0 Å². The Morgan fingerprint density at radius 3 is 2.81 bits per heavy atom. The number of rotatable bonds is 8. The van der Waals surface area contributed by atoms with Crippen LogP contribution in [0.4, 0.5) is 11.4 Å². The molecule has 3 rings (SSSR count). The van der Waals surface area contributed by atoms with E-state index in [0.717, 1.165) is 19.3 Å². The van der Waals surface area contributed by atoms with Crippen LogP contribution in [0.2, 0.25) is 5.02 Å². The highest BCUT2D eigenvalue weighted by Crippen LogP contribution is 2.28. The van der Waals surface area contributed by atoms with E-state index in [2.05, 4.69) is 10.0 Å². The molecule has 0 spiro atoms. The molecule has 0 aliphatic carbocycles. The Hall–Kier alpha value is -2.33. The molecule has 2 unspecified atom stereocenters. The van der Waals surface area contributed by atoms with Crippen LogP contribution in [-0.2, 0) is 24.3 Å². The standard InChI is InChI=1S/C21H25ClN2O6S/c1-14(30-13-17-7-2-3-10-29-17)21(26)23-19-12-18(8-9-20(19)25)31(27,28)24-16-6-4-5-15(22)11-16/h4-6,8-9,11-12,14,17,24-25H,2-3,7,10,13H2,1H3,(H,23,26). The molecule has 1 fully saturated rings. The Balaban J connectivity index is 1.66. The second-order valence-electron chi connectivity index (χ2n) is 7.25. The van der Waals surface area contributed by atoms with Crippen LogP contribution in [0.3, 0.4) is 0 Å². The molecular weight excluding hydrogens is 444 g/mol. The van der Waals surface area contributed by atoms with Gasteiger partial charge in [-0.1, -0.05) is 17.7 Å². The number of amides is 1. The van der Waals surface area contributed by atoms with E-state index in [-0.39, 0.29) is 28.1 Å². The predicted molar refractivity (Wildman–Crippen MR) is 118 cm³/mol. The van der Waals surface area contributed by atoms with Crippen LogP contribution in [0.25, 0.3) is 0 Å². The lowest BCUT2D eigenvalue weighted by Gasteiger charge is -2.24. The summed E-state index contributed by atoms with van der Waals surface area (Å²) in [6, 6.07) is 9.87. The number of halogens is 1. The molecule has 0 bridgehead atoms. The van der Waals surface area contributed by atoms with E-state index in [0.29, 0.717) is 18.2 Å². The Morgan fingerprint density at radius 1 is 1.29 bits per heavy atom. The van der Waals surface area contributed by atoms with Crippen molar-refractivity contribution in [3.63, 3.8) is 0 Å². The highest BCUT2D eigenvalue weighted by molar-refractivity contribution is 7.92. The van der Waals surface area contributed by atoms with Crippen LogP contribution in [0.15, 0.2) is 47.4 Å². The predicted octanol–water partition coefficient (Wildman–Crippen LogP) is 3.76.